The molecular formula is C15H21F2NO2. The number of halogens is 2. The van der Waals surface area contributed by atoms with E-state index in [1.165, 1.54) is 12.1 Å². The summed E-state index contributed by atoms with van der Waals surface area (Å²) in [5.41, 5.74) is 0.183. The summed E-state index contributed by atoms with van der Waals surface area (Å²) in [6.07, 6.45) is -1.15. The van der Waals surface area contributed by atoms with Crippen LogP contribution in [0.25, 0.3) is 0 Å². The molecule has 2 unspecified atom stereocenters. The van der Waals surface area contributed by atoms with Gasteiger partial charge in [0.15, 0.2) is 11.6 Å². The minimum atomic E-state index is -0.886. The quantitative estimate of drug-likeness (QED) is 0.918. The average Bonchev–Trinajstić information content (AvgIpc) is 2.44. The van der Waals surface area contributed by atoms with Gasteiger partial charge in [0, 0.05) is 25.6 Å². The van der Waals surface area contributed by atoms with Crippen molar-refractivity contribution < 1.29 is 18.6 Å². The number of rotatable bonds is 4. The van der Waals surface area contributed by atoms with E-state index in [0.717, 1.165) is 12.6 Å². The highest BCUT2D eigenvalue weighted by molar-refractivity contribution is 5.20. The number of ether oxygens (including phenoxy) is 1. The highest BCUT2D eigenvalue weighted by atomic mass is 19.2. The molecule has 1 N–H and O–H groups in total. The number of aliphatic hydroxyl groups is 1. The lowest BCUT2D eigenvalue weighted by molar-refractivity contribution is -0.0942. The second-order valence-corrected chi connectivity index (χ2v) is 5.48. The van der Waals surface area contributed by atoms with Crippen LogP contribution in [0, 0.1) is 11.6 Å². The Labute approximate surface area is 118 Å². The first-order chi connectivity index (χ1) is 9.49. The van der Waals surface area contributed by atoms with Crippen LogP contribution in [0.5, 0.6) is 0 Å². The molecule has 2 rings (SSSR count). The molecule has 112 valence electrons. The Hall–Kier alpha value is -1.04. The van der Waals surface area contributed by atoms with Gasteiger partial charge in [0.1, 0.15) is 0 Å². The number of morpholine rings is 1. The summed E-state index contributed by atoms with van der Waals surface area (Å²) in [7, 11) is 0. The standard InChI is InChI=1S/C15H21F2NO2/c1-10(2)18-6-7-20-14(9-18)13(19)8-11-4-3-5-12(16)15(11)17/h3-5,10,13-14,19H,6-9H2,1-2H3. The molecule has 1 aliphatic heterocycles. The van der Waals surface area contributed by atoms with Crippen molar-refractivity contribution in [3.05, 3.63) is 35.4 Å². The third-order valence-electron chi connectivity index (χ3n) is 3.74. The Balaban J connectivity index is 2.00. The van der Waals surface area contributed by atoms with Gasteiger partial charge >= 0.3 is 0 Å². The second kappa shape index (κ2) is 6.61. The van der Waals surface area contributed by atoms with Crippen molar-refractivity contribution in [2.24, 2.45) is 0 Å². The van der Waals surface area contributed by atoms with Gasteiger partial charge in [-0.05, 0) is 25.5 Å². The van der Waals surface area contributed by atoms with Crippen molar-refractivity contribution in [2.45, 2.75) is 38.5 Å². The van der Waals surface area contributed by atoms with Crippen molar-refractivity contribution in [1.29, 1.82) is 0 Å². The molecule has 0 aromatic heterocycles. The Kier molecular flexibility index (Phi) is 5.07. The predicted octanol–water partition coefficient (Wildman–Crippen LogP) is 1.98. The molecule has 2 atom stereocenters. The average molecular weight is 285 g/mol. The van der Waals surface area contributed by atoms with Gasteiger partial charge in [-0.15, -0.1) is 0 Å². The number of hydrogen-bond acceptors (Lipinski definition) is 3. The molecule has 1 heterocycles. The minimum absolute atomic E-state index is 0.0557. The number of nitrogens with zero attached hydrogens (tertiary/aromatic N) is 1. The molecule has 5 heteroatoms. The normalized spacial score (nSPS) is 22.2. The fraction of sp³-hybridized carbons (Fsp3) is 0.600. The summed E-state index contributed by atoms with van der Waals surface area (Å²) in [6.45, 7) is 6.15. The van der Waals surface area contributed by atoms with Crippen molar-refractivity contribution in [2.75, 3.05) is 19.7 Å². The van der Waals surface area contributed by atoms with Gasteiger partial charge in [-0.25, -0.2) is 8.78 Å². The zero-order chi connectivity index (χ0) is 14.7. The Bertz CT molecular complexity index is 453. The van der Waals surface area contributed by atoms with Crippen LogP contribution in [0.2, 0.25) is 0 Å². The first kappa shape index (κ1) is 15.4. The van der Waals surface area contributed by atoms with E-state index in [2.05, 4.69) is 18.7 Å². The molecule has 1 aromatic rings. The van der Waals surface area contributed by atoms with Gasteiger partial charge in [0.05, 0.1) is 18.8 Å². The highest BCUT2D eigenvalue weighted by Gasteiger charge is 2.28. The summed E-state index contributed by atoms with van der Waals surface area (Å²) in [4.78, 5) is 2.21. The number of benzene rings is 1. The fourth-order valence-corrected chi connectivity index (χ4v) is 2.46. The SMILES string of the molecule is CC(C)N1CCOC(C(O)Cc2cccc(F)c2F)C1. The zero-order valence-corrected chi connectivity index (χ0v) is 11.9. The minimum Gasteiger partial charge on any atom is -0.390 e. The van der Waals surface area contributed by atoms with E-state index in [4.69, 9.17) is 4.74 Å². The van der Waals surface area contributed by atoms with Gasteiger partial charge in [0.2, 0.25) is 0 Å². The molecule has 0 amide bonds. The summed E-state index contributed by atoms with van der Waals surface area (Å²) in [6, 6.07) is 4.38. The van der Waals surface area contributed by atoms with E-state index in [1.807, 2.05) is 0 Å². The summed E-state index contributed by atoms with van der Waals surface area (Å²) < 4.78 is 32.3. The Morgan fingerprint density at radius 1 is 1.40 bits per heavy atom. The molecule has 0 radical (unpaired) electrons. The first-order valence-corrected chi connectivity index (χ1v) is 6.95. The van der Waals surface area contributed by atoms with E-state index in [0.29, 0.717) is 19.2 Å². The maximum atomic E-state index is 13.6. The zero-order valence-electron chi connectivity index (χ0n) is 11.9. The molecule has 20 heavy (non-hydrogen) atoms. The van der Waals surface area contributed by atoms with E-state index >= 15 is 0 Å². The van der Waals surface area contributed by atoms with Gasteiger partial charge < -0.3 is 9.84 Å². The summed E-state index contributed by atoms with van der Waals surface area (Å²) >= 11 is 0. The first-order valence-electron chi connectivity index (χ1n) is 6.95. The Morgan fingerprint density at radius 2 is 2.15 bits per heavy atom. The molecule has 1 aliphatic rings. The highest BCUT2D eigenvalue weighted by Crippen LogP contribution is 2.18. The third-order valence-corrected chi connectivity index (χ3v) is 3.74. The van der Waals surface area contributed by atoms with Gasteiger partial charge in [-0.3, -0.25) is 4.90 Å². The van der Waals surface area contributed by atoms with E-state index < -0.39 is 17.7 Å². The maximum Gasteiger partial charge on any atom is 0.162 e. The third kappa shape index (κ3) is 3.53. The molecule has 0 bridgehead atoms. The lowest BCUT2D eigenvalue weighted by Crippen LogP contribution is -2.50. The van der Waals surface area contributed by atoms with Crippen LogP contribution in [0.1, 0.15) is 19.4 Å². The number of aliphatic hydroxyl groups excluding tert-OH is 1. The largest absolute Gasteiger partial charge is 0.390 e. The molecule has 0 spiro atoms. The van der Waals surface area contributed by atoms with Crippen LogP contribution in [-0.2, 0) is 11.2 Å². The van der Waals surface area contributed by atoms with Crippen LogP contribution in [-0.4, -0.2) is 48.0 Å². The van der Waals surface area contributed by atoms with Crippen LogP contribution in [0.4, 0.5) is 8.78 Å². The van der Waals surface area contributed by atoms with E-state index in [-0.39, 0.29) is 18.1 Å². The van der Waals surface area contributed by atoms with E-state index in [1.54, 1.807) is 0 Å². The lowest BCUT2D eigenvalue weighted by Gasteiger charge is -2.37. The Morgan fingerprint density at radius 3 is 2.85 bits per heavy atom. The van der Waals surface area contributed by atoms with Crippen molar-refractivity contribution in [3.8, 4) is 0 Å². The van der Waals surface area contributed by atoms with Gasteiger partial charge in [-0.1, -0.05) is 12.1 Å². The van der Waals surface area contributed by atoms with Gasteiger partial charge in [-0.2, -0.15) is 0 Å². The van der Waals surface area contributed by atoms with Crippen LogP contribution < -0.4 is 0 Å². The predicted molar refractivity (Wildman–Crippen MR) is 72.5 cm³/mol. The van der Waals surface area contributed by atoms with E-state index in [9.17, 15) is 13.9 Å². The molecule has 1 aromatic carbocycles. The molecule has 1 saturated heterocycles. The topological polar surface area (TPSA) is 32.7 Å². The lowest BCUT2D eigenvalue weighted by atomic mass is 10.0. The van der Waals surface area contributed by atoms with Crippen LogP contribution in [0.3, 0.4) is 0 Å². The van der Waals surface area contributed by atoms with Crippen molar-refractivity contribution >= 4 is 0 Å². The fourth-order valence-electron chi connectivity index (χ4n) is 2.46. The monoisotopic (exact) mass is 285 g/mol. The molecular weight excluding hydrogens is 264 g/mol. The van der Waals surface area contributed by atoms with Crippen molar-refractivity contribution in [3.63, 3.8) is 0 Å². The maximum absolute atomic E-state index is 13.6. The smallest absolute Gasteiger partial charge is 0.162 e. The summed E-state index contributed by atoms with van der Waals surface area (Å²) in [5.74, 6) is -1.77. The molecule has 0 aliphatic carbocycles. The second-order valence-electron chi connectivity index (χ2n) is 5.48. The molecule has 1 fully saturated rings. The van der Waals surface area contributed by atoms with Gasteiger partial charge in [0.25, 0.3) is 0 Å². The van der Waals surface area contributed by atoms with Crippen LogP contribution in [0.15, 0.2) is 18.2 Å². The van der Waals surface area contributed by atoms with Crippen LogP contribution >= 0.6 is 0 Å². The molecule has 0 saturated carbocycles. The summed E-state index contributed by atoms with van der Waals surface area (Å²) in [5, 5.41) is 10.2. The number of hydrogen-bond donors (Lipinski definition) is 1. The van der Waals surface area contributed by atoms with Crippen molar-refractivity contribution in [1.82, 2.24) is 4.90 Å². The molecule has 3 nitrogen and oxygen atoms in total.